The van der Waals surface area contributed by atoms with E-state index in [0.29, 0.717) is 23.7 Å². The Morgan fingerprint density at radius 2 is 1.85 bits per heavy atom. The van der Waals surface area contributed by atoms with Gasteiger partial charge in [0.25, 0.3) is 0 Å². The fraction of sp³-hybridized carbons (Fsp3) is 0.250. The molecule has 180 valence electrons. The van der Waals surface area contributed by atoms with Crippen molar-refractivity contribution in [3.63, 3.8) is 0 Å². The number of carbonyl (C=O) groups is 1. The summed E-state index contributed by atoms with van der Waals surface area (Å²) in [7, 11) is 0.829. The largest absolute Gasteiger partial charge is 0.488 e. The molecule has 3 rings (SSSR count). The van der Waals surface area contributed by atoms with Gasteiger partial charge in [0.05, 0.1) is 18.5 Å². The molecule has 0 fully saturated rings. The van der Waals surface area contributed by atoms with E-state index in [-0.39, 0.29) is 12.8 Å². The number of hydrogen-bond acceptors (Lipinski definition) is 7. The number of aromatic nitrogens is 1. The molecule has 9 nitrogen and oxygen atoms in total. The summed E-state index contributed by atoms with van der Waals surface area (Å²) in [5, 5.41) is 0. The molecule has 0 saturated carbocycles. The monoisotopic (exact) mass is 485 g/mol. The van der Waals surface area contributed by atoms with Crippen LogP contribution in [0.3, 0.4) is 0 Å². The number of hydrogen-bond donors (Lipinski definition) is 2. The van der Waals surface area contributed by atoms with Gasteiger partial charge in [-0.1, -0.05) is 30.3 Å². The highest BCUT2D eigenvalue weighted by molar-refractivity contribution is 7.39. The second kappa shape index (κ2) is 12.4. The first-order valence-corrected chi connectivity index (χ1v) is 11.7. The van der Waals surface area contributed by atoms with E-state index in [9.17, 15) is 4.79 Å². The van der Waals surface area contributed by atoms with E-state index in [1.807, 2.05) is 72.3 Å². The first-order valence-electron chi connectivity index (χ1n) is 10.5. The summed E-state index contributed by atoms with van der Waals surface area (Å²) >= 11 is 0. The SMILES string of the molecule is COCC(C)Oc1ccc(-c2cn(-c3ccccc3)c(/N=C\N(C)COP(O)O)c2C=O)cc1. The molecule has 1 aromatic heterocycles. The zero-order chi connectivity index (χ0) is 24.5. The Morgan fingerprint density at radius 3 is 2.47 bits per heavy atom. The summed E-state index contributed by atoms with van der Waals surface area (Å²) < 4.78 is 17.6. The lowest BCUT2D eigenvalue weighted by Crippen LogP contribution is -2.18. The van der Waals surface area contributed by atoms with Gasteiger partial charge in [-0.25, -0.2) is 4.99 Å². The Hall–Kier alpha value is -3.07. The third kappa shape index (κ3) is 6.72. The van der Waals surface area contributed by atoms with Crippen molar-refractivity contribution in [1.82, 2.24) is 9.47 Å². The van der Waals surface area contributed by atoms with Gasteiger partial charge in [-0.05, 0) is 36.8 Å². The van der Waals surface area contributed by atoms with Crippen LogP contribution in [-0.4, -0.2) is 65.5 Å². The van der Waals surface area contributed by atoms with Crippen LogP contribution in [0.4, 0.5) is 5.82 Å². The van der Waals surface area contributed by atoms with Gasteiger partial charge in [0, 0.05) is 31.6 Å². The molecule has 10 heteroatoms. The van der Waals surface area contributed by atoms with Crippen LogP contribution >= 0.6 is 8.60 Å². The lowest BCUT2D eigenvalue weighted by molar-refractivity contribution is 0.0921. The normalized spacial score (nSPS) is 12.3. The molecular formula is C24H28N3O6P. The molecule has 0 saturated heterocycles. The summed E-state index contributed by atoms with van der Waals surface area (Å²) in [6.07, 6.45) is 4.03. The predicted octanol–water partition coefficient (Wildman–Crippen LogP) is 4.15. The highest BCUT2D eigenvalue weighted by Crippen LogP contribution is 2.35. The minimum atomic E-state index is -2.47. The molecule has 1 heterocycles. The van der Waals surface area contributed by atoms with Gasteiger partial charge in [-0.15, -0.1) is 0 Å². The maximum absolute atomic E-state index is 12.2. The van der Waals surface area contributed by atoms with E-state index in [0.717, 1.165) is 23.1 Å². The van der Waals surface area contributed by atoms with Gasteiger partial charge >= 0.3 is 8.60 Å². The van der Waals surface area contributed by atoms with Gasteiger partial charge < -0.3 is 28.7 Å². The second-order valence-electron chi connectivity index (χ2n) is 7.52. The third-order valence-corrected chi connectivity index (χ3v) is 5.17. The van der Waals surface area contributed by atoms with Crippen LogP contribution in [0.25, 0.3) is 16.8 Å². The molecule has 0 spiro atoms. The number of para-hydroxylation sites is 1. The quantitative estimate of drug-likeness (QED) is 0.131. The number of aliphatic imine (C=N–C) groups is 1. The van der Waals surface area contributed by atoms with E-state index in [1.54, 1.807) is 14.2 Å². The number of carbonyl (C=O) groups excluding carboxylic acids is 1. The average Bonchev–Trinajstić information content (AvgIpc) is 3.21. The van der Waals surface area contributed by atoms with Crippen molar-refractivity contribution >= 4 is 27.0 Å². The molecule has 1 atom stereocenters. The predicted molar refractivity (Wildman–Crippen MR) is 132 cm³/mol. The van der Waals surface area contributed by atoms with E-state index < -0.39 is 8.60 Å². The number of ether oxygens (including phenoxy) is 2. The first kappa shape index (κ1) is 25.6. The molecule has 0 radical (unpaired) electrons. The Labute approximate surface area is 199 Å². The lowest BCUT2D eigenvalue weighted by atomic mass is 10.0. The number of aldehydes is 1. The van der Waals surface area contributed by atoms with Gasteiger partial charge in [-0.3, -0.25) is 9.32 Å². The highest BCUT2D eigenvalue weighted by Gasteiger charge is 2.18. The number of rotatable bonds is 12. The molecule has 0 amide bonds. The van der Waals surface area contributed by atoms with Crippen molar-refractivity contribution in [2.24, 2.45) is 4.99 Å². The number of benzene rings is 2. The highest BCUT2D eigenvalue weighted by atomic mass is 31.2. The number of methoxy groups -OCH3 is 1. The Kier molecular flexibility index (Phi) is 9.33. The van der Waals surface area contributed by atoms with Gasteiger partial charge in [-0.2, -0.15) is 0 Å². The summed E-state index contributed by atoms with van der Waals surface area (Å²) in [4.78, 5) is 36.1. The van der Waals surface area contributed by atoms with Crippen molar-refractivity contribution in [2.75, 3.05) is 27.5 Å². The molecular weight excluding hydrogens is 457 g/mol. The molecule has 1 unspecified atom stereocenters. The van der Waals surface area contributed by atoms with Crippen molar-refractivity contribution in [3.05, 3.63) is 66.4 Å². The second-order valence-corrected chi connectivity index (χ2v) is 8.29. The maximum Gasteiger partial charge on any atom is 0.328 e. The molecule has 2 aromatic carbocycles. The fourth-order valence-electron chi connectivity index (χ4n) is 3.32. The molecule has 0 aliphatic carbocycles. The van der Waals surface area contributed by atoms with E-state index in [4.69, 9.17) is 23.8 Å². The number of nitrogens with zero attached hydrogens (tertiary/aromatic N) is 3. The van der Waals surface area contributed by atoms with Crippen LogP contribution < -0.4 is 4.74 Å². The summed E-state index contributed by atoms with van der Waals surface area (Å²) in [5.41, 5.74) is 2.81. The molecule has 3 aromatic rings. The van der Waals surface area contributed by atoms with E-state index >= 15 is 0 Å². The Bertz CT molecular complexity index is 1090. The molecule has 0 aliphatic rings. The van der Waals surface area contributed by atoms with Crippen LogP contribution in [-0.2, 0) is 9.26 Å². The van der Waals surface area contributed by atoms with Gasteiger partial charge in [0.1, 0.15) is 24.4 Å². The first-order chi connectivity index (χ1) is 16.4. The average molecular weight is 485 g/mol. The van der Waals surface area contributed by atoms with Crippen molar-refractivity contribution in [3.8, 4) is 22.6 Å². The summed E-state index contributed by atoms with van der Waals surface area (Å²) in [5.74, 6) is 1.14. The molecule has 34 heavy (non-hydrogen) atoms. The van der Waals surface area contributed by atoms with Crippen LogP contribution in [0.15, 0.2) is 65.8 Å². The third-order valence-electron chi connectivity index (χ3n) is 4.83. The minimum absolute atomic E-state index is 0.0690. The lowest BCUT2D eigenvalue weighted by Gasteiger charge is -2.14. The standard InChI is InChI=1S/C24H28N3O6P/c1-18(15-31-3)33-21-11-9-19(10-12-21)22-13-27(20-7-5-4-6-8-20)24(23(22)14-28)25-16-26(2)17-32-34(29)30/h4-14,16,18,29-30H,15,17H2,1-3H3/b25-16-. The van der Waals surface area contributed by atoms with Crippen molar-refractivity contribution < 1.29 is 28.6 Å². The maximum atomic E-state index is 12.2. The zero-order valence-corrected chi connectivity index (χ0v) is 20.1. The minimum Gasteiger partial charge on any atom is -0.488 e. The van der Waals surface area contributed by atoms with Crippen LogP contribution in [0.5, 0.6) is 5.75 Å². The van der Waals surface area contributed by atoms with Crippen LogP contribution in [0, 0.1) is 0 Å². The van der Waals surface area contributed by atoms with E-state index in [2.05, 4.69) is 4.99 Å². The van der Waals surface area contributed by atoms with E-state index in [1.165, 1.54) is 11.2 Å². The summed E-state index contributed by atoms with van der Waals surface area (Å²) in [6, 6.07) is 17.1. The van der Waals surface area contributed by atoms with Crippen LogP contribution in [0.1, 0.15) is 17.3 Å². The smallest absolute Gasteiger partial charge is 0.328 e. The molecule has 0 aliphatic heterocycles. The topological polar surface area (TPSA) is 106 Å². The molecule has 0 bridgehead atoms. The molecule has 2 N–H and O–H groups in total. The van der Waals surface area contributed by atoms with Crippen LogP contribution in [0.2, 0.25) is 0 Å². The fourth-order valence-corrected chi connectivity index (χ4v) is 3.60. The van der Waals surface area contributed by atoms with Crippen molar-refractivity contribution in [1.29, 1.82) is 0 Å². The van der Waals surface area contributed by atoms with Crippen molar-refractivity contribution in [2.45, 2.75) is 13.0 Å². The van der Waals surface area contributed by atoms with Gasteiger partial charge in [0.15, 0.2) is 6.29 Å². The Balaban J connectivity index is 1.98. The zero-order valence-electron chi connectivity index (χ0n) is 19.2. The Morgan fingerprint density at radius 1 is 1.15 bits per heavy atom. The van der Waals surface area contributed by atoms with Gasteiger partial charge in [0.2, 0.25) is 0 Å². The summed E-state index contributed by atoms with van der Waals surface area (Å²) in [6.45, 7) is 2.34.